The largest absolute Gasteiger partial charge is 0.361 e. The highest BCUT2D eigenvalue weighted by Gasteiger charge is 2.19. The van der Waals surface area contributed by atoms with E-state index in [0.717, 1.165) is 17.0 Å². The Bertz CT molecular complexity index is 963. The zero-order valence-corrected chi connectivity index (χ0v) is 15.2. The first-order chi connectivity index (χ1) is 12.2. The van der Waals surface area contributed by atoms with Crippen molar-refractivity contribution in [3.05, 3.63) is 75.3 Å². The van der Waals surface area contributed by atoms with E-state index < -0.39 is 0 Å². The maximum atomic E-state index is 13.8. The third-order valence-corrected chi connectivity index (χ3v) is 4.60. The second-order valence-corrected chi connectivity index (χ2v) is 6.91. The first-order valence-electron chi connectivity index (χ1n) is 7.77. The van der Waals surface area contributed by atoms with Gasteiger partial charge >= 0.3 is 0 Å². The molecule has 0 N–H and O–H groups in total. The maximum absolute atomic E-state index is 13.8. The summed E-state index contributed by atoms with van der Waals surface area (Å²) in [5.41, 5.74) is 2.21. The highest BCUT2D eigenvalue weighted by molar-refractivity contribution is 14.1. The predicted octanol–water partition coefficient (Wildman–Crippen LogP) is 4.53. The molecule has 124 valence electrons. The van der Waals surface area contributed by atoms with E-state index in [4.69, 9.17) is 4.52 Å². The van der Waals surface area contributed by atoms with Crippen LogP contribution >= 0.6 is 22.6 Å². The zero-order valence-electron chi connectivity index (χ0n) is 13.1. The molecule has 0 amide bonds. The van der Waals surface area contributed by atoms with Gasteiger partial charge in [-0.15, -0.1) is 0 Å². The van der Waals surface area contributed by atoms with Crippen molar-refractivity contribution in [3.63, 3.8) is 0 Å². The van der Waals surface area contributed by atoms with Crippen LogP contribution in [0.5, 0.6) is 0 Å². The van der Waals surface area contributed by atoms with Crippen molar-refractivity contribution in [2.45, 2.75) is 12.5 Å². The molecule has 0 bridgehead atoms. The molecular weight excluding hydrogens is 432 g/mol. The molecule has 3 aromatic rings. The van der Waals surface area contributed by atoms with E-state index in [-0.39, 0.29) is 11.9 Å². The van der Waals surface area contributed by atoms with Crippen molar-refractivity contribution in [3.8, 4) is 11.3 Å². The van der Waals surface area contributed by atoms with E-state index in [0.29, 0.717) is 17.8 Å². The number of nitrogens with zero attached hydrogens (tertiary/aromatic N) is 3. The molecule has 1 unspecified atom stereocenters. The molecule has 6 heteroatoms. The number of hydrogen-bond donors (Lipinski definition) is 0. The van der Waals surface area contributed by atoms with Crippen LogP contribution < -0.4 is 0 Å². The molecule has 0 aliphatic carbocycles. The van der Waals surface area contributed by atoms with Crippen molar-refractivity contribution in [1.29, 1.82) is 0 Å². The van der Waals surface area contributed by atoms with E-state index in [1.165, 1.54) is 9.64 Å². The fourth-order valence-electron chi connectivity index (χ4n) is 2.63. The van der Waals surface area contributed by atoms with Crippen LogP contribution in [-0.2, 0) is 6.42 Å². The topological polar surface area (TPSA) is 50.8 Å². The van der Waals surface area contributed by atoms with Gasteiger partial charge in [0.05, 0.1) is 11.6 Å². The Hall–Kier alpha value is -2.35. The third kappa shape index (κ3) is 3.53. The van der Waals surface area contributed by atoms with Gasteiger partial charge in [0.1, 0.15) is 17.3 Å². The first kappa shape index (κ1) is 16.1. The van der Waals surface area contributed by atoms with Crippen LogP contribution in [0.15, 0.2) is 69.1 Å². The van der Waals surface area contributed by atoms with Crippen LogP contribution in [-0.4, -0.2) is 23.2 Å². The average molecular weight is 445 g/mol. The Morgan fingerprint density at radius 1 is 1.08 bits per heavy atom. The minimum Gasteiger partial charge on any atom is -0.361 e. The minimum atomic E-state index is -0.320. The van der Waals surface area contributed by atoms with Crippen molar-refractivity contribution >= 4 is 34.6 Å². The molecule has 0 radical (unpaired) electrons. The summed E-state index contributed by atoms with van der Waals surface area (Å²) in [6, 6.07) is 16.3. The molecule has 0 fully saturated rings. The smallest absolute Gasteiger partial charge is 0.157 e. The average Bonchev–Trinajstić information content (AvgIpc) is 3.26. The summed E-state index contributed by atoms with van der Waals surface area (Å²) in [6.07, 6.45) is 2.26. The number of hydrogen-bond acceptors (Lipinski definition) is 4. The molecule has 4 rings (SSSR count). The number of benzene rings is 2. The highest BCUT2D eigenvalue weighted by Crippen LogP contribution is 2.22. The summed E-state index contributed by atoms with van der Waals surface area (Å²) in [4.78, 5) is 8.71. The molecule has 0 saturated carbocycles. The first-order valence-corrected chi connectivity index (χ1v) is 8.85. The second-order valence-electron chi connectivity index (χ2n) is 5.67. The van der Waals surface area contributed by atoms with E-state index in [2.05, 4.69) is 37.7 Å². The van der Waals surface area contributed by atoms with Gasteiger partial charge in [-0.05, 0) is 46.9 Å². The Balaban J connectivity index is 1.50. The van der Waals surface area contributed by atoms with Gasteiger partial charge in [-0.25, -0.2) is 9.38 Å². The summed E-state index contributed by atoms with van der Waals surface area (Å²) in [7, 11) is 0. The summed E-state index contributed by atoms with van der Waals surface area (Å²) < 4.78 is 20.4. The third-order valence-electron chi connectivity index (χ3n) is 3.88. The van der Waals surface area contributed by atoms with Gasteiger partial charge in [-0.2, -0.15) is 0 Å². The van der Waals surface area contributed by atoms with E-state index in [9.17, 15) is 4.39 Å². The van der Waals surface area contributed by atoms with E-state index >= 15 is 0 Å². The van der Waals surface area contributed by atoms with Crippen LogP contribution in [0.4, 0.5) is 4.39 Å². The number of halogens is 2. The van der Waals surface area contributed by atoms with Gasteiger partial charge in [0, 0.05) is 27.8 Å². The molecule has 2 aromatic carbocycles. The number of amidine groups is 1. The van der Waals surface area contributed by atoms with Gasteiger partial charge in [0.2, 0.25) is 0 Å². The standard InChI is InChI=1S/C19H13FIN3O/c20-17-4-2-1-3-16(17)19-22-11-14(23-19)9-15-10-18(24-25-15)12-5-7-13(21)8-6-12/h1-8,10-11,14H,9H2. The Morgan fingerprint density at radius 3 is 2.68 bits per heavy atom. The summed E-state index contributed by atoms with van der Waals surface area (Å²) in [6.45, 7) is 0. The highest BCUT2D eigenvalue weighted by atomic mass is 127. The van der Waals surface area contributed by atoms with Gasteiger partial charge in [-0.1, -0.05) is 29.4 Å². The SMILES string of the molecule is Fc1ccccc1C1=NC(Cc2cc(-c3ccc(I)cc3)no2)C=N1. The van der Waals surface area contributed by atoms with Crippen molar-refractivity contribution in [2.75, 3.05) is 0 Å². The molecule has 1 aliphatic heterocycles. The summed E-state index contributed by atoms with van der Waals surface area (Å²) in [5, 5.41) is 4.12. The molecule has 0 saturated heterocycles. The lowest BCUT2D eigenvalue weighted by Gasteiger charge is -2.00. The van der Waals surface area contributed by atoms with Crippen LogP contribution in [0, 0.1) is 9.39 Å². The van der Waals surface area contributed by atoms with Crippen LogP contribution in [0.3, 0.4) is 0 Å². The van der Waals surface area contributed by atoms with Crippen molar-refractivity contribution in [2.24, 2.45) is 9.98 Å². The maximum Gasteiger partial charge on any atom is 0.157 e. The zero-order chi connectivity index (χ0) is 17.2. The normalized spacial score (nSPS) is 16.2. The number of aliphatic imine (C=N–C) groups is 2. The fraction of sp³-hybridized carbons (Fsp3) is 0.105. The Morgan fingerprint density at radius 2 is 1.88 bits per heavy atom. The molecule has 4 nitrogen and oxygen atoms in total. The molecule has 1 aliphatic rings. The molecule has 25 heavy (non-hydrogen) atoms. The lowest BCUT2D eigenvalue weighted by Crippen LogP contribution is -2.07. The molecule has 2 heterocycles. The van der Waals surface area contributed by atoms with Crippen LogP contribution in [0.1, 0.15) is 11.3 Å². The fourth-order valence-corrected chi connectivity index (χ4v) is 2.99. The molecule has 1 aromatic heterocycles. The quantitative estimate of drug-likeness (QED) is 0.555. The molecule has 1 atom stereocenters. The van der Waals surface area contributed by atoms with E-state index in [1.807, 2.05) is 30.3 Å². The summed E-state index contributed by atoms with van der Waals surface area (Å²) in [5.74, 6) is 0.823. The van der Waals surface area contributed by atoms with Gasteiger partial charge in [-0.3, -0.25) is 4.99 Å². The van der Waals surface area contributed by atoms with Gasteiger partial charge in [0.15, 0.2) is 5.84 Å². The Kier molecular flexibility index (Phi) is 4.44. The van der Waals surface area contributed by atoms with Crippen molar-refractivity contribution in [1.82, 2.24) is 5.16 Å². The van der Waals surface area contributed by atoms with Gasteiger partial charge < -0.3 is 4.52 Å². The summed E-state index contributed by atoms with van der Waals surface area (Å²) >= 11 is 2.26. The predicted molar refractivity (Wildman–Crippen MR) is 104 cm³/mol. The Labute approximate surface area is 157 Å². The number of rotatable bonds is 4. The minimum absolute atomic E-state index is 0.174. The monoisotopic (exact) mass is 445 g/mol. The van der Waals surface area contributed by atoms with Crippen LogP contribution in [0.2, 0.25) is 0 Å². The van der Waals surface area contributed by atoms with Crippen LogP contribution in [0.25, 0.3) is 11.3 Å². The molecule has 0 spiro atoms. The lowest BCUT2D eigenvalue weighted by molar-refractivity contribution is 0.384. The number of aromatic nitrogens is 1. The second kappa shape index (κ2) is 6.87. The van der Waals surface area contributed by atoms with Crippen molar-refractivity contribution < 1.29 is 8.91 Å². The lowest BCUT2D eigenvalue weighted by atomic mass is 10.1. The molecular formula is C19H13FIN3O. The van der Waals surface area contributed by atoms with E-state index in [1.54, 1.807) is 24.4 Å². The van der Waals surface area contributed by atoms with Gasteiger partial charge in [0.25, 0.3) is 0 Å².